The largest absolute Gasteiger partial charge is 1.00 e. The minimum absolute atomic E-state index is 0. The number of phenols is 1. The van der Waals surface area contributed by atoms with Crippen LogP contribution in [0, 0.1) is 20.2 Å². The molecule has 13 heteroatoms. The summed E-state index contributed by atoms with van der Waals surface area (Å²) in [6.07, 6.45) is 0. The Hall–Kier alpha value is -2.25. The van der Waals surface area contributed by atoms with E-state index in [4.69, 9.17) is 4.55 Å². The van der Waals surface area contributed by atoms with E-state index in [9.17, 15) is 33.8 Å². The van der Waals surface area contributed by atoms with Crippen LogP contribution in [0.4, 0.5) is 22.7 Å². The molecule has 25 heavy (non-hydrogen) atoms. The van der Waals surface area contributed by atoms with Crippen LogP contribution in [0.3, 0.4) is 0 Å². The molecule has 0 aliphatic rings. The van der Waals surface area contributed by atoms with Crippen LogP contribution in [0.2, 0.25) is 0 Å². The van der Waals surface area contributed by atoms with Crippen molar-refractivity contribution in [2.45, 2.75) is 4.90 Å². The zero-order valence-electron chi connectivity index (χ0n) is 12.6. The van der Waals surface area contributed by atoms with Gasteiger partial charge in [-0.1, -0.05) is 0 Å². The van der Waals surface area contributed by atoms with Gasteiger partial charge in [0.15, 0.2) is 0 Å². The van der Waals surface area contributed by atoms with Gasteiger partial charge < -0.3 is 10.4 Å². The van der Waals surface area contributed by atoms with Crippen molar-refractivity contribution in [2.24, 2.45) is 0 Å². The molecular formula is C12H9N3NaO8S+. The summed E-state index contributed by atoms with van der Waals surface area (Å²) in [5.74, 6) is -0.707. The van der Waals surface area contributed by atoms with Crippen LogP contribution in [0.25, 0.3) is 0 Å². The number of benzene rings is 2. The second kappa shape index (κ2) is 7.76. The molecule has 2 rings (SSSR count). The molecular weight excluding hydrogens is 369 g/mol. The molecule has 2 aromatic carbocycles. The van der Waals surface area contributed by atoms with Crippen molar-refractivity contribution in [3.05, 3.63) is 56.6 Å². The van der Waals surface area contributed by atoms with Gasteiger partial charge in [0, 0.05) is 11.8 Å². The molecule has 0 aliphatic heterocycles. The van der Waals surface area contributed by atoms with Gasteiger partial charge in [-0.05, 0) is 24.3 Å². The number of phenolic OH excluding ortho intramolecular Hbond substituents is 1. The SMILES string of the molecule is O=[N+]([O-])c1ccc(Nc2ccc(O)c(S(=O)(=O)O)c2)c([N+](=O)[O-])c1.[Na+]. The number of rotatable bonds is 5. The Balaban J connectivity index is 0.00000312. The van der Waals surface area contributed by atoms with E-state index in [0.717, 1.165) is 30.3 Å². The molecule has 0 saturated heterocycles. The summed E-state index contributed by atoms with van der Waals surface area (Å²) < 4.78 is 31.3. The summed E-state index contributed by atoms with van der Waals surface area (Å²) in [6.45, 7) is 0. The Kier molecular flexibility index (Phi) is 6.45. The fraction of sp³-hybridized carbons (Fsp3) is 0. The quantitative estimate of drug-likeness (QED) is 0.198. The third kappa shape index (κ3) is 4.87. The van der Waals surface area contributed by atoms with E-state index in [-0.39, 0.29) is 40.9 Å². The van der Waals surface area contributed by atoms with Gasteiger partial charge in [0.25, 0.3) is 21.5 Å². The van der Waals surface area contributed by atoms with Gasteiger partial charge in [0.1, 0.15) is 16.3 Å². The van der Waals surface area contributed by atoms with E-state index in [1.54, 1.807) is 0 Å². The van der Waals surface area contributed by atoms with Gasteiger partial charge in [-0.2, -0.15) is 8.42 Å². The number of nitro groups is 2. The van der Waals surface area contributed by atoms with Gasteiger partial charge in [-0.3, -0.25) is 24.8 Å². The van der Waals surface area contributed by atoms with Crippen LogP contribution in [0.5, 0.6) is 5.75 Å². The number of nitro benzene ring substituents is 2. The Labute approximate surface area is 162 Å². The number of nitrogens with zero attached hydrogens (tertiary/aromatic N) is 2. The molecule has 0 atom stereocenters. The van der Waals surface area contributed by atoms with Crippen molar-refractivity contribution in [3.8, 4) is 5.75 Å². The molecule has 11 nitrogen and oxygen atoms in total. The number of nitrogens with one attached hydrogen (secondary N) is 1. The third-order valence-corrected chi connectivity index (χ3v) is 3.79. The number of non-ortho nitro benzene ring substituents is 1. The molecule has 0 bridgehead atoms. The summed E-state index contributed by atoms with van der Waals surface area (Å²) >= 11 is 0. The summed E-state index contributed by atoms with van der Waals surface area (Å²) in [5, 5.41) is 33.6. The van der Waals surface area contributed by atoms with E-state index in [0.29, 0.717) is 0 Å². The average molecular weight is 378 g/mol. The van der Waals surface area contributed by atoms with Crippen molar-refractivity contribution < 1.29 is 57.5 Å². The zero-order valence-corrected chi connectivity index (χ0v) is 15.4. The number of hydrogen-bond acceptors (Lipinski definition) is 8. The first-order valence-electron chi connectivity index (χ1n) is 6.10. The third-order valence-electron chi connectivity index (χ3n) is 2.91. The van der Waals surface area contributed by atoms with Crippen molar-refractivity contribution in [1.29, 1.82) is 0 Å². The second-order valence-electron chi connectivity index (χ2n) is 4.50. The molecule has 3 N–H and O–H groups in total. The van der Waals surface area contributed by atoms with Gasteiger partial charge >= 0.3 is 29.6 Å². The Morgan fingerprint density at radius 2 is 1.64 bits per heavy atom. The molecule has 2 aromatic rings. The smallest absolute Gasteiger partial charge is 0.506 e. The summed E-state index contributed by atoms with van der Waals surface area (Å²) in [5.41, 5.74) is -1.24. The normalized spacial score (nSPS) is 10.6. The molecule has 0 aliphatic carbocycles. The Bertz CT molecular complexity index is 947. The van der Waals surface area contributed by atoms with Crippen LogP contribution in [0.15, 0.2) is 41.3 Å². The van der Waals surface area contributed by atoms with Crippen molar-refractivity contribution in [3.63, 3.8) is 0 Å². The van der Waals surface area contributed by atoms with Crippen LogP contribution < -0.4 is 34.9 Å². The van der Waals surface area contributed by atoms with Crippen molar-refractivity contribution in [2.75, 3.05) is 5.32 Å². The fourth-order valence-electron chi connectivity index (χ4n) is 1.84. The zero-order chi connectivity index (χ0) is 18.1. The van der Waals surface area contributed by atoms with E-state index in [1.165, 1.54) is 6.07 Å². The molecule has 0 aromatic heterocycles. The van der Waals surface area contributed by atoms with Crippen LogP contribution in [-0.2, 0) is 10.1 Å². The summed E-state index contributed by atoms with van der Waals surface area (Å²) in [7, 11) is -4.71. The van der Waals surface area contributed by atoms with E-state index in [1.807, 2.05) is 0 Å². The summed E-state index contributed by atoms with van der Waals surface area (Å²) in [4.78, 5) is 19.3. The van der Waals surface area contributed by atoms with Crippen LogP contribution >= 0.6 is 0 Å². The maximum Gasteiger partial charge on any atom is 1.00 e. The molecule has 0 heterocycles. The summed E-state index contributed by atoms with van der Waals surface area (Å²) in [6, 6.07) is 5.87. The van der Waals surface area contributed by atoms with E-state index in [2.05, 4.69) is 5.32 Å². The Morgan fingerprint density at radius 3 is 2.16 bits per heavy atom. The topological polar surface area (TPSA) is 173 Å². The first-order valence-corrected chi connectivity index (χ1v) is 7.54. The van der Waals surface area contributed by atoms with E-state index >= 15 is 0 Å². The van der Waals surface area contributed by atoms with Gasteiger partial charge in [0.2, 0.25) is 0 Å². The minimum Gasteiger partial charge on any atom is -0.506 e. The molecule has 0 fully saturated rings. The maximum absolute atomic E-state index is 11.1. The standard InChI is InChI=1S/C12H9N3O8S.Na/c16-11-4-1-7(5-12(11)24(21,22)23)13-9-3-2-8(14(17)18)6-10(9)15(19)20;/h1-6,13,16H,(H,21,22,23);/q;+1. The van der Waals surface area contributed by atoms with Gasteiger partial charge in [-0.15, -0.1) is 0 Å². The number of aromatic hydroxyl groups is 1. The first kappa shape index (κ1) is 20.8. The molecule has 0 spiro atoms. The average Bonchev–Trinajstić information content (AvgIpc) is 2.48. The predicted octanol–water partition coefficient (Wildman–Crippen LogP) is -0.797. The minimum atomic E-state index is -4.71. The van der Waals surface area contributed by atoms with Crippen LogP contribution in [-0.4, -0.2) is 27.9 Å². The molecule has 0 amide bonds. The second-order valence-corrected chi connectivity index (χ2v) is 5.89. The molecule has 126 valence electrons. The fourth-order valence-corrected chi connectivity index (χ4v) is 2.45. The van der Waals surface area contributed by atoms with E-state index < -0.39 is 42.0 Å². The number of anilines is 2. The molecule has 0 radical (unpaired) electrons. The molecule has 0 saturated carbocycles. The van der Waals surface area contributed by atoms with Crippen molar-refractivity contribution in [1.82, 2.24) is 0 Å². The number of hydrogen-bond donors (Lipinski definition) is 3. The maximum atomic E-state index is 11.1. The van der Waals surface area contributed by atoms with Crippen molar-refractivity contribution >= 4 is 32.9 Å². The Morgan fingerprint density at radius 1 is 1.00 bits per heavy atom. The van der Waals surface area contributed by atoms with Gasteiger partial charge in [-0.25, -0.2) is 0 Å². The first-order chi connectivity index (χ1) is 11.1. The molecule has 0 unspecified atom stereocenters. The monoisotopic (exact) mass is 378 g/mol. The van der Waals surface area contributed by atoms with Gasteiger partial charge in [0.05, 0.1) is 15.9 Å². The van der Waals surface area contributed by atoms with Crippen LogP contribution in [0.1, 0.15) is 0 Å². The predicted molar refractivity (Wildman–Crippen MR) is 81.0 cm³/mol.